The van der Waals surface area contributed by atoms with Crippen LogP contribution >= 0.6 is 15.9 Å². The fourth-order valence-electron chi connectivity index (χ4n) is 2.75. The first-order valence-electron chi connectivity index (χ1n) is 8.73. The molecular weight excluding hydrogens is 396 g/mol. The van der Waals surface area contributed by atoms with E-state index < -0.39 is 6.10 Å². The normalized spacial score (nSPS) is 15.4. The molecule has 1 amide bonds. The summed E-state index contributed by atoms with van der Waals surface area (Å²) in [5, 5.41) is 2.92. The molecule has 3 rings (SSSR count). The number of nitrogens with one attached hydrogen (secondary N) is 1. The molecular formula is C20H23BrN2O3. The Labute approximate surface area is 162 Å². The van der Waals surface area contributed by atoms with E-state index in [4.69, 9.17) is 9.47 Å². The maximum atomic E-state index is 12.2. The number of halogens is 1. The number of carbonyl (C=O) groups excluding carboxylic acids is 1. The van der Waals surface area contributed by atoms with Crippen LogP contribution in [0.3, 0.4) is 0 Å². The van der Waals surface area contributed by atoms with Crippen LogP contribution in [0.1, 0.15) is 12.5 Å². The van der Waals surface area contributed by atoms with Gasteiger partial charge in [0, 0.05) is 29.8 Å². The van der Waals surface area contributed by atoms with Crippen LogP contribution in [0, 0.1) is 0 Å². The van der Waals surface area contributed by atoms with Crippen molar-refractivity contribution < 1.29 is 14.3 Å². The first-order chi connectivity index (χ1) is 12.6. The predicted octanol–water partition coefficient (Wildman–Crippen LogP) is 3.37. The number of anilines is 1. The molecule has 26 heavy (non-hydrogen) atoms. The Balaban J connectivity index is 1.48. The van der Waals surface area contributed by atoms with Crippen molar-refractivity contribution >= 4 is 27.5 Å². The van der Waals surface area contributed by atoms with E-state index >= 15 is 0 Å². The van der Waals surface area contributed by atoms with Crippen molar-refractivity contribution in [3.8, 4) is 5.75 Å². The lowest BCUT2D eigenvalue weighted by molar-refractivity contribution is -0.127. The van der Waals surface area contributed by atoms with Gasteiger partial charge in [0.15, 0.2) is 6.10 Å². The van der Waals surface area contributed by atoms with Gasteiger partial charge in [0.2, 0.25) is 0 Å². The van der Waals surface area contributed by atoms with Crippen molar-refractivity contribution in [1.29, 1.82) is 0 Å². The summed E-state index contributed by atoms with van der Waals surface area (Å²) >= 11 is 3.38. The van der Waals surface area contributed by atoms with Crippen molar-refractivity contribution in [3.63, 3.8) is 0 Å². The number of benzene rings is 2. The summed E-state index contributed by atoms with van der Waals surface area (Å²) in [7, 11) is 0. The molecule has 0 radical (unpaired) electrons. The summed E-state index contributed by atoms with van der Waals surface area (Å²) in [6, 6.07) is 15.7. The molecule has 2 aromatic rings. The van der Waals surface area contributed by atoms with Crippen molar-refractivity contribution in [2.45, 2.75) is 19.6 Å². The largest absolute Gasteiger partial charge is 0.481 e. The third-order valence-electron chi connectivity index (χ3n) is 4.28. The van der Waals surface area contributed by atoms with Gasteiger partial charge in [-0.3, -0.25) is 4.79 Å². The summed E-state index contributed by atoms with van der Waals surface area (Å²) in [6.45, 7) is 5.61. The smallest absolute Gasteiger partial charge is 0.261 e. The number of ether oxygens (including phenoxy) is 2. The molecule has 1 atom stereocenters. The van der Waals surface area contributed by atoms with Crippen LogP contribution in [0.4, 0.5) is 5.69 Å². The molecule has 0 bridgehead atoms. The molecule has 0 saturated carbocycles. The summed E-state index contributed by atoms with van der Waals surface area (Å²) in [5.41, 5.74) is 2.25. The van der Waals surface area contributed by atoms with Crippen molar-refractivity contribution in [3.05, 3.63) is 58.6 Å². The number of carbonyl (C=O) groups is 1. The average Bonchev–Trinajstić information content (AvgIpc) is 2.69. The fraction of sp³-hybridized carbons (Fsp3) is 0.350. The van der Waals surface area contributed by atoms with Gasteiger partial charge < -0.3 is 19.7 Å². The van der Waals surface area contributed by atoms with E-state index in [2.05, 4.69) is 38.3 Å². The van der Waals surface area contributed by atoms with E-state index in [9.17, 15) is 4.79 Å². The first-order valence-corrected chi connectivity index (χ1v) is 9.53. The van der Waals surface area contributed by atoms with Gasteiger partial charge in [-0.1, -0.05) is 28.1 Å². The van der Waals surface area contributed by atoms with Gasteiger partial charge in [-0.2, -0.15) is 0 Å². The molecule has 0 aliphatic carbocycles. The van der Waals surface area contributed by atoms with Gasteiger partial charge in [-0.05, 0) is 48.9 Å². The lowest BCUT2D eigenvalue weighted by Gasteiger charge is -2.28. The van der Waals surface area contributed by atoms with E-state index in [1.807, 2.05) is 36.4 Å². The molecule has 0 spiro atoms. The van der Waals surface area contributed by atoms with Crippen molar-refractivity contribution in [2.75, 3.05) is 31.2 Å². The molecule has 5 nitrogen and oxygen atoms in total. The van der Waals surface area contributed by atoms with Gasteiger partial charge in [-0.15, -0.1) is 0 Å². The maximum absolute atomic E-state index is 12.2. The molecule has 2 aromatic carbocycles. The Kier molecular flexibility index (Phi) is 6.52. The highest BCUT2D eigenvalue weighted by Crippen LogP contribution is 2.18. The number of amides is 1. The minimum Gasteiger partial charge on any atom is -0.481 e. The number of hydrogen-bond acceptors (Lipinski definition) is 4. The van der Waals surface area contributed by atoms with Crippen LogP contribution in [0.15, 0.2) is 53.0 Å². The van der Waals surface area contributed by atoms with Crippen LogP contribution in [-0.2, 0) is 16.1 Å². The summed E-state index contributed by atoms with van der Waals surface area (Å²) < 4.78 is 12.0. The molecule has 138 valence electrons. The predicted molar refractivity (Wildman–Crippen MR) is 106 cm³/mol. The molecule has 1 aliphatic rings. The lowest BCUT2D eigenvalue weighted by Crippen LogP contribution is -2.36. The van der Waals surface area contributed by atoms with E-state index in [1.54, 1.807) is 6.92 Å². The quantitative estimate of drug-likeness (QED) is 0.780. The average molecular weight is 419 g/mol. The van der Waals surface area contributed by atoms with Gasteiger partial charge in [0.1, 0.15) is 5.75 Å². The Hall–Kier alpha value is -2.05. The number of rotatable bonds is 6. The fourth-order valence-corrected chi connectivity index (χ4v) is 3.01. The van der Waals surface area contributed by atoms with Crippen LogP contribution in [0.25, 0.3) is 0 Å². The van der Waals surface area contributed by atoms with Crippen LogP contribution in [0.2, 0.25) is 0 Å². The molecule has 6 heteroatoms. The summed E-state index contributed by atoms with van der Waals surface area (Å²) in [6.07, 6.45) is -0.552. The number of nitrogens with zero attached hydrogens (tertiary/aromatic N) is 1. The first kappa shape index (κ1) is 18.7. The van der Waals surface area contributed by atoms with Gasteiger partial charge in [0.25, 0.3) is 5.91 Å². The highest BCUT2D eigenvalue weighted by molar-refractivity contribution is 9.10. The molecule has 1 aliphatic heterocycles. The van der Waals surface area contributed by atoms with Gasteiger partial charge in [0.05, 0.1) is 13.2 Å². The highest BCUT2D eigenvalue weighted by Gasteiger charge is 2.15. The number of morpholine rings is 1. The molecule has 0 unspecified atom stereocenters. The van der Waals surface area contributed by atoms with Crippen molar-refractivity contribution in [1.82, 2.24) is 5.32 Å². The molecule has 1 fully saturated rings. The minimum atomic E-state index is -0.552. The Morgan fingerprint density at radius 2 is 1.81 bits per heavy atom. The lowest BCUT2D eigenvalue weighted by atomic mass is 10.2. The molecule has 1 saturated heterocycles. The Morgan fingerprint density at radius 3 is 2.46 bits per heavy atom. The Morgan fingerprint density at radius 1 is 1.15 bits per heavy atom. The highest BCUT2D eigenvalue weighted by atomic mass is 79.9. The second kappa shape index (κ2) is 9.05. The molecule has 1 heterocycles. The monoisotopic (exact) mass is 418 g/mol. The zero-order valence-corrected chi connectivity index (χ0v) is 16.4. The zero-order chi connectivity index (χ0) is 18.4. The van der Waals surface area contributed by atoms with Crippen molar-refractivity contribution in [2.24, 2.45) is 0 Å². The third-order valence-corrected chi connectivity index (χ3v) is 4.80. The van der Waals surface area contributed by atoms with Gasteiger partial charge in [-0.25, -0.2) is 0 Å². The van der Waals surface area contributed by atoms with E-state index in [0.717, 1.165) is 36.3 Å². The topological polar surface area (TPSA) is 50.8 Å². The van der Waals surface area contributed by atoms with Gasteiger partial charge >= 0.3 is 0 Å². The van der Waals surface area contributed by atoms with Crippen LogP contribution in [-0.4, -0.2) is 38.3 Å². The van der Waals surface area contributed by atoms with E-state index in [-0.39, 0.29) is 5.91 Å². The Bertz CT molecular complexity index is 713. The second-order valence-electron chi connectivity index (χ2n) is 6.20. The SMILES string of the molecule is C[C@@H](Oc1ccc(Br)cc1)C(=O)NCc1ccc(N2CCOCC2)cc1. The third kappa shape index (κ3) is 5.22. The summed E-state index contributed by atoms with van der Waals surface area (Å²) in [5.74, 6) is 0.538. The van der Waals surface area contributed by atoms with Crippen LogP contribution < -0.4 is 15.0 Å². The second-order valence-corrected chi connectivity index (χ2v) is 7.11. The van der Waals surface area contributed by atoms with Crippen LogP contribution in [0.5, 0.6) is 5.75 Å². The molecule has 1 N–H and O–H groups in total. The minimum absolute atomic E-state index is 0.134. The molecule has 0 aromatic heterocycles. The standard InChI is InChI=1S/C20H23BrN2O3/c1-15(26-19-8-4-17(21)5-9-19)20(24)22-14-16-2-6-18(7-3-16)23-10-12-25-13-11-23/h2-9,15H,10-14H2,1H3,(H,22,24)/t15-/m1/s1. The summed E-state index contributed by atoms with van der Waals surface area (Å²) in [4.78, 5) is 14.5. The number of hydrogen-bond donors (Lipinski definition) is 1. The van der Waals surface area contributed by atoms with E-state index in [0.29, 0.717) is 12.3 Å². The maximum Gasteiger partial charge on any atom is 0.261 e. The van der Waals surface area contributed by atoms with E-state index in [1.165, 1.54) is 5.69 Å². The zero-order valence-electron chi connectivity index (χ0n) is 14.8.